The average molecular weight is 290 g/mol. The number of ether oxygens (including phenoxy) is 1. The maximum Gasteiger partial charge on any atom is 0.333 e. The summed E-state index contributed by atoms with van der Waals surface area (Å²) in [4.78, 5) is 12.2. The molecule has 2 heteroatoms. The topological polar surface area (TPSA) is 26.3 Å². The first-order chi connectivity index (χ1) is 9.75. The van der Waals surface area contributed by atoms with Crippen molar-refractivity contribution in [2.75, 3.05) is 7.11 Å². The minimum absolute atomic E-state index is 0.0456. The van der Waals surface area contributed by atoms with Gasteiger partial charge in [0.15, 0.2) is 0 Å². The SMILES string of the molecule is COC(=O)/C(C)=C(\C(C)(C)C)C12CC3CC(CC(C3)C1)C2. The van der Waals surface area contributed by atoms with Gasteiger partial charge in [-0.1, -0.05) is 20.8 Å². The second-order valence-corrected chi connectivity index (χ2v) is 8.94. The molecular weight excluding hydrogens is 260 g/mol. The maximum atomic E-state index is 12.2. The number of hydrogen-bond acceptors (Lipinski definition) is 2. The van der Waals surface area contributed by atoms with Gasteiger partial charge < -0.3 is 4.74 Å². The normalized spacial score (nSPS) is 39.2. The summed E-state index contributed by atoms with van der Waals surface area (Å²) in [5.74, 6) is 2.58. The quantitative estimate of drug-likeness (QED) is 0.542. The van der Waals surface area contributed by atoms with Crippen LogP contribution in [0.1, 0.15) is 66.2 Å². The Labute approximate surface area is 129 Å². The molecule has 2 nitrogen and oxygen atoms in total. The van der Waals surface area contributed by atoms with Crippen LogP contribution in [0, 0.1) is 28.6 Å². The third-order valence-corrected chi connectivity index (χ3v) is 6.19. The summed E-state index contributed by atoms with van der Waals surface area (Å²) in [6.45, 7) is 8.80. The van der Waals surface area contributed by atoms with E-state index in [1.807, 2.05) is 6.92 Å². The molecule has 0 atom stereocenters. The van der Waals surface area contributed by atoms with E-state index in [1.54, 1.807) is 0 Å². The fourth-order valence-electron chi connectivity index (χ4n) is 6.43. The van der Waals surface area contributed by atoms with Crippen LogP contribution < -0.4 is 0 Å². The van der Waals surface area contributed by atoms with E-state index in [0.717, 1.165) is 23.3 Å². The van der Waals surface area contributed by atoms with Gasteiger partial charge in [0.1, 0.15) is 0 Å². The Bertz CT molecular complexity index is 443. The van der Waals surface area contributed by atoms with Gasteiger partial charge in [-0.15, -0.1) is 0 Å². The van der Waals surface area contributed by atoms with Gasteiger partial charge in [-0.2, -0.15) is 0 Å². The lowest BCUT2D eigenvalue weighted by molar-refractivity contribution is -0.136. The van der Waals surface area contributed by atoms with E-state index in [0.29, 0.717) is 0 Å². The van der Waals surface area contributed by atoms with E-state index in [-0.39, 0.29) is 16.8 Å². The highest BCUT2D eigenvalue weighted by atomic mass is 16.5. The maximum absolute atomic E-state index is 12.2. The van der Waals surface area contributed by atoms with Crippen LogP contribution in [0.3, 0.4) is 0 Å². The molecule has 0 aliphatic heterocycles. The second kappa shape index (κ2) is 4.86. The van der Waals surface area contributed by atoms with Crippen molar-refractivity contribution < 1.29 is 9.53 Å². The molecule has 0 spiro atoms. The molecule has 21 heavy (non-hydrogen) atoms. The van der Waals surface area contributed by atoms with E-state index in [4.69, 9.17) is 4.74 Å². The summed E-state index contributed by atoms with van der Waals surface area (Å²) in [6, 6.07) is 0. The van der Waals surface area contributed by atoms with Crippen LogP contribution >= 0.6 is 0 Å². The Hall–Kier alpha value is -0.790. The zero-order valence-corrected chi connectivity index (χ0v) is 14.3. The molecule has 4 bridgehead atoms. The highest BCUT2D eigenvalue weighted by Gasteiger charge is 2.54. The van der Waals surface area contributed by atoms with Crippen LogP contribution in [0.25, 0.3) is 0 Å². The Balaban J connectivity index is 2.07. The summed E-state index contributed by atoms with van der Waals surface area (Å²) in [7, 11) is 1.51. The molecule has 0 aromatic carbocycles. The predicted octanol–water partition coefficient (Wildman–Crippen LogP) is 4.74. The third-order valence-electron chi connectivity index (χ3n) is 6.19. The first kappa shape index (κ1) is 15.1. The standard InChI is InChI=1S/C19H30O2/c1-12(17(20)21-5)16(18(2,3)4)19-9-13-6-14(10-19)8-15(7-13)11-19/h13-15H,6-11H2,1-5H3/b16-12+. The van der Waals surface area contributed by atoms with E-state index >= 15 is 0 Å². The molecule has 118 valence electrons. The Morgan fingerprint density at radius 1 is 1.00 bits per heavy atom. The van der Waals surface area contributed by atoms with Gasteiger partial charge in [0.25, 0.3) is 0 Å². The van der Waals surface area contributed by atoms with Gasteiger partial charge in [0, 0.05) is 5.57 Å². The van der Waals surface area contributed by atoms with Gasteiger partial charge in [0.05, 0.1) is 7.11 Å². The number of methoxy groups -OCH3 is 1. The molecule has 0 saturated heterocycles. The number of rotatable bonds is 2. The zero-order valence-electron chi connectivity index (χ0n) is 14.3. The van der Waals surface area contributed by atoms with Gasteiger partial charge in [-0.05, 0) is 79.6 Å². The first-order valence-electron chi connectivity index (χ1n) is 8.55. The largest absolute Gasteiger partial charge is 0.466 e. The molecule has 4 rings (SSSR count). The van der Waals surface area contributed by atoms with E-state index in [2.05, 4.69) is 20.8 Å². The van der Waals surface area contributed by atoms with Crippen molar-refractivity contribution in [3.05, 3.63) is 11.1 Å². The van der Waals surface area contributed by atoms with Gasteiger partial charge >= 0.3 is 5.97 Å². The lowest BCUT2D eigenvalue weighted by Crippen LogP contribution is -2.49. The molecule has 0 aromatic rings. The molecule has 0 radical (unpaired) electrons. The van der Waals surface area contributed by atoms with Crippen molar-refractivity contribution in [2.45, 2.75) is 66.2 Å². The van der Waals surface area contributed by atoms with Crippen molar-refractivity contribution >= 4 is 5.97 Å². The van der Waals surface area contributed by atoms with Crippen LogP contribution in [0.15, 0.2) is 11.1 Å². The molecular formula is C19H30O2. The highest BCUT2D eigenvalue weighted by Crippen LogP contribution is 2.65. The monoisotopic (exact) mass is 290 g/mol. The minimum Gasteiger partial charge on any atom is -0.466 e. The predicted molar refractivity (Wildman–Crippen MR) is 84.8 cm³/mol. The minimum atomic E-state index is -0.129. The van der Waals surface area contributed by atoms with Crippen molar-refractivity contribution in [1.29, 1.82) is 0 Å². The number of carbonyl (C=O) groups is 1. The molecule has 0 heterocycles. The summed E-state index contributed by atoms with van der Waals surface area (Å²) in [5.41, 5.74) is 2.61. The first-order valence-corrected chi connectivity index (χ1v) is 8.55. The third kappa shape index (κ3) is 2.45. The van der Waals surface area contributed by atoms with E-state index in [9.17, 15) is 4.79 Å². The van der Waals surface area contributed by atoms with Crippen LogP contribution in [0.4, 0.5) is 0 Å². The Kier molecular flexibility index (Phi) is 3.50. The van der Waals surface area contributed by atoms with Crippen LogP contribution in [-0.2, 0) is 9.53 Å². The van der Waals surface area contributed by atoms with Crippen LogP contribution in [0.2, 0.25) is 0 Å². The van der Waals surface area contributed by atoms with Crippen molar-refractivity contribution in [2.24, 2.45) is 28.6 Å². The fraction of sp³-hybridized carbons (Fsp3) is 0.842. The van der Waals surface area contributed by atoms with Crippen molar-refractivity contribution in [3.8, 4) is 0 Å². The van der Waals surface area contributed by atoms with E-state index < -0.39 is 0 Å². The smallest absolute Gasteiger partial charge is 0.333 e. The number of allylic oxidation sites excluding steroid dienone is 1. The summed E-state index contributed by atoms with van der Waals surface area (Å²) >= 11 is 0. The van der Waals surface area contributed by atoms with Crippen molar-refractivity contribution in [3.63, 3.8) is 0 Å². The lowest BCUT2D eigenvalue weighted by atomic mass is 9.45. The molecule has 4 saturated carbocycles. The van der Waals surface area contributed by atoms with Crippen LogP contribution in [0.5, 0.6) is 0 Å². The molecule has 0 amide bonds. The molecule has 0 aromatic heterocycles. The molecule has 0 unspecified atom stereocenters. The summed E-state index contributed by atoms with van der Waals surface area (Å²) in [5, 5.41) is 0. The van der Waals surface area contributed by atoms with Crippen molar-refractivity contribution in [1.82, 2.24) is 0 Å². The zero-order chi connectivity index (χ0) is 15.4. The fourth-order valence-corrected chi connectivity index (χ4v) is 6.43. The molecule has 0 N–H and O–H groups in total. The van der Waals surface area contributed by atoms with E-state index in [1.165, 1.54) is 51.2 Å². The van der Waals surface area contributed by atoms with Gasteiger partial charge in [-0.25, -0.2) is 4.79 Å². The van der Waals surface area contributed by atoms with Gasteiger partial charge in [-0.3, -0.25) is 0 Å². The Morgan fingerprint density at radius 3 is 1.76 bits per heavy atom. The van der Waals surface area contributed by atoms with Crippen LogP contribution in [-0.4, -0.2) is 13.1 Å². The highest BCUT2D eigenvalue weighted by molar-refractivity contribution is 5.89. The second-order valence-electron chi connectivity index (χ2n) is 8.94. The lowest BCUT2D eigenvalue weighted by Gasteiger charge is -2.59. The number of carbonyl (C=O) groups excluding carboxylic acids is 1. The molecule has 4 aliphatic rings. The average Bonchev–Trinajstić information content (AvgIpc) is 2.33. The molecule has 4 fully saturated rings. The van der Waals surface area contributed by atoms with Gasteiger partial charge in [0.2, 0.25) is 0 Å². The summed E-state index contributed by atoms with van der Waals surface area (Å²) in [6.07, 6.45) is 8.23. The molecule has 4 aliphatic carbocycles. The number of esters is 1. The Morgan fingerprint density at radius 2 is 1.43 bits per heavy atom. The number of hydrogen-bond donors (Lipinski definition) is 0. The summed E-state index contributed by atoms with van der Waals surface area (Å²) < 4.78 is 5.05.